The number of amides is 1. The summed E-state index contributed by atoms with van der Waals surface area (Å²) in [6.07, 6.45) is 3.57. The number of hydrogen-bond donors (Lipinski definition) is 4. The highest BCUT2D eigenvalue weighted by atomic mass is 16.2. The zero-order valence-corrected chi connectivity index (χ0v) is 12.1. The fraction of sp³-hybridized carbons (Fsp3) is 0.615. The monoisotopic (exact) mass is 278 g/mol. The number of rotatable bonds is 6. The standard InChI is InChI=1S/C13H22N6O/c1-7(2)10-11(15-6-16-12(10)19-14)17-8(3)13(20)18-9-4-5-9/h6-9H,4-5,14H2,1-3H3,(H,18,20)(H2,15,16,17,19). The molecule has 1 amide bonds. The predicted molar refractivity (Wildman–Crippen MR) is 78.2 cm³/mol. The van der Waals surface area contributed by atoms with Gasteiger partial charge in [-0.1, -0.05) is 13.8 Å². The van der Waals surface area contributed by atoms with Crippen LogP contribution in [0.25, 0.3) is 0 Å². The highest BCUT2D eigenvalue weighted by molar-refractivity contribution is 5.84. The van der Waals surface area contributed by atoms with Crippen LogP contribution in [0.15, 0.2) is 6.33 Å². The molecule has 1 fully saturated rings. The Morgan fingerprint density at radius 3 is 2.50 bits per heavy atom. The second-order valence-electron chi connectivity index (χ2n) is 5.43. The van der Waals surface area contributed by atoms with Gasteiger partial charge in [0.15, 0.2) is 0 Å². The lowest BCUT2D eigenvalue weighted by Gasteiger charge is -2.19. The highest BCUT2D eigenvalue weighted by Gasteiger charge is 2.26. The Bertz CT molecular complexity index is 486. The van der Waals surface area contributed by atoms with Gasteiger partial charge in [0.05, 0.1) is 0 Å². The Kier molecular flexibility index (Phi) is 4.39. The Morgan fingerprint density at radius 1 is 1.30 bits per heavy atom. The van der Waals surface area contributed by atoms with Crippen molar-refractivity contribution in [2.24, 2.45) is 5.84 Å². The van der Waals surface area contributed by atoms with E-state index in [-0.39, 0.29) is 17.9 Å². The van der Waals surface area contributed by atoms with E-state index in [0.29, 0.717) is 17.7 Å². The molecule has 5 N–H and O–H groups in total. The molecule has 1 heterocycles. The maximum absolute atomic E-state index is 12.0. The number of carbonyl (C=O) groups is 1. The van der Waals surface area contributed by atoms with Crippen LogP contribution in [-0.2, 0) is 4.79 Å². The average molecular weight is 278 g/mol. The van der Waals surface area contributed by atoms with E-state index in [1.807, 2.05) is 20.8 Å². The Hall–Kier alpha value is -1.89. The van der Waals surface area contributed by atoms with Crippen LogP contribution in [0.4, 0.5) is 11.6 Å². The summed E-state index contributed by atoms with van der Waals surface area (Å²) in [5.41, 5.74) is 3.45. The normalized spacial score (nSPS) is 15.8. The lowest BCUT2D eigenvalue weighted by Crippen LogP contribution is -2.39. The van der Waals surface area contributed by atoms with Crippen molar-refractivity contribution in [1.29, 1.82) is 0 Å². The van der Waals surface area contributed by atoms with Crippen LogP contribution >= 0.6 is 0 Å². The van der Waals surface area contributed by atoms with Crippen molar-refractivity contribution in [2.75, 3.05) is 10.7 Å². The minimum Gasteiger partial charge on any atom is -0.358 e. The first-order valence-electron chi connectivity index (χ1n) is 6.91. The maximum atomic E-state index is 12.0. The summed E-state index contributed by atoms with van der Waals surface area (Å²) in [6, 6.07) is -0.00314. The molecule has 20 heavy (non-hydrogen) atoms. The summed E-state index contributed by atoms with van der Waals surface area (Å²) in [5.74, 6) is 6.86. The van der Waals surface area contributed by atoms with E-state index >= 15 is 0 Å². The van der Waals surface area contributed by atoms with Crippen LogP contribution in [-0.4, -0.2) is 28.0 Å². The fourth-order valence-electron chi connectivity index (χ4n) is 2.00. The molecule has 1 saturated carbocycles. The van der Waals surface area contributed by atoms with Crippen LogP contribution < -0.4 is 21.9 Å². The van der Waals surface area contributed by atoms with Crippen molar-refractivity contribution in [3.8, 4) is 0 Å². The number of nitrogen functional groups attached to an aromatic ring is 1. The molecule has 1 aliphatic carbocycles. The zero-order valence-electron chi connectivity index (χ0n) is 12.1. The van der Waals surface area contributed by atoms with Crippen molar-refractivity contribution in [3.05, 3.63) is 11.9 Å². The van der Waals surface area contributed by atoms with Gasteiger partial charge in [-0.25, -0.2) is 15.8 Å². The zero-order chi connectivity index (χ0) is 14.7. The first-order valence-corrected chi connectivity index (χ1v) is 6.91. The third-order valence-corrected chi connectivity index (χ3v) is 3.27. The van der Waals surface area contributed by atoms with E-state index in [2.05, 4.69) is 26.0 Å². The SMILES string of the molecule is CC(Nc1ncnc(NN)c1C(C)C)C(=O)NC1CC1. The van der Waals surface area contributed by atoms with Crippen molar-refractivity contribution in [1.82, 2.24) is 15.3 Å². The number of nitrogens with zero attached hydrogens (tertiary/aromatic N) is 2. The molecule has 0 aliphatic heterocycles. The molecule has 1 unspecified atom stereocenters. The van der Waals surface area contributed by atoms with E-state index in [0.717, 1.165) is 18.4 Å². The quantitative estimate of drug-likeness (QED) is 0.456. The second-order valence-corrected chi connectivity index (χ2v) is 5.43. The van der Waals surface area contributed by atoms with Crippen LogP contribution in [0.2, 0.25) is 0 Å². The van der Waals surface area contributed by atoms with Gasteiger partial charge in [0.2, 0.25) is 5.91 Å². The Balaban J connectivity index is 2.12. The molecule has 0 aromatic carbocycles. The highest BCUT2D eigenvalue weighted by Crippen LogP contribution is 2.28. The topological polar surface area (TPSA) is 105 Å². The fourth-order valence-corrected chi connectivity index (χ4v) is 2.00. The molecule has 1 aromatic rings. The Morgan fingerprint density at radius 2 is 1.95 bits per heavy atom. The van der Waals surface area contributed by atoms with Crippen molar-refractivity contribution in [2.45, 2.75) is 51.6 Å². The molecule has 7 nitrogen and oxygen atoms in total. The average Bonchev–Trinajstić information content (AvgIpc) is 3.21. The Labute approximate surface area is 118 Å². The molecule has 0 radical (unpaired) electrons. The van der Waals surface area contributed by atoms with Crippen molar-refractivity contribution < 1.29 is 4.79 Å². The molecule has 0 bridgehead atoms. The van der Waals surface area contributed by atoms with Gasteiger partial charge in [-0.15, -0.1) is 0 Å². The molecule has 0 spiro atoms. The largest absolute Gasteiger partial charge is 0.358 e. The number of hydrazine groups is 1. The minimum absolute atomic E-state index is 0.0110. The third kappa shape index (κ3) is 3.36. The van der Waals surface area contributed by atoms with E-state index in [1.54, 1.807) is 0 Å². The molecule has 2 rings (SSSR count). The number of anilines is 2. The van der Waals surface area contributed by atoms with Gasteiger partial charge < -0.3 is 16.1 Å². The minimum atomic E-state index is -0.353. The van der Waals surface area contributed by atoms with Crippen LogP contribution in [0.5, 0.6) is 0 Å². The number of nitrogens with one attached hydrogen (secondary N) is 3. The van der Waals surface area contributed by atoms with Gasteiger partial charge in [0, 0.05) is 11.6 Å². The lowest BCUT2D eigenvalue weighted by molar-refractivity contribution is -0.121. The summed E-state index contributed by atoms with van der Waals surface area (Å²) < 4.78 is 0. The molecule has 110 valence electrons. The summed E-state index contributed by atoms with van der Waals surface area (Å²) in [6.45, 7) is 5.87. The smallest absolute Gasteiger partial charge is 0.242 e. The summed E-state index contributed by atoms with van der Waals surface area (Å²) in [5, 5.41) is 6.11. The van der Waals surface area contributed by atoms with Gasteiger partial charge in [-0.05, 0) is 25.7 Å². The van der Waals surface area contributed by atoms with Crippen LogP contribution in [0.1, 0.15) is 45.1 Å². The summed E-state index contributed by atoms with van der Waals surface area (Å²) in [4.78, 5) is 20.3. The number of nitrogens with two attached hydrogens (primary N) is 1. The van der Waals surface area contributed by atoms with E-state index in [1.165, 1.54) is 6.33 Å². The van der Waals surface area contributed by atoms with Gasteiger partial charge in [0.25, 0.3) is 0 Å². The molecule has 1 aromatic heterocycles. The van der Waals surface area contributed by atoms with Crippen molar-refractivity contribution >= 4 is 17.5 Å². The molecule has 1 atom stereocenters. The van der Waals surface area contributed by atoms with Crippen molar-refractivity contribution in [3.63, 3.8) is 0 Å². The van der Waals surface area contributed by atoms with Gasteiger partial charge >= 0.3 is 0 Å². The first-order chi connectivity index (χ1) is 9.52. The third-order valence-electron chi connectivity index (χ3n) is 3.27. The maximum Gasteiger partial charge on any atom is 0.242 e. The lowest BCUT2D eigenvalue weighted by atomic mass is 10.0. The van der Waals surface area contributed by atoms with E-state index < -0.39 is 0 Å². The molecule has 1 aliphatic rings. The molecule has 0 saturated heterocycles. The number of carbonyl (C=O) groups excluding carboxylic acids is 1. The number of aromatic nitrogens is 2. The van der Waals surface area contributed by atoms with Crippen LogP contribution in [0, 0.1) is 0 Å². The second kappa shape index (κ2) is 6.04. The molecular weight excluding hydrogens is 256 g/mol. The van der Waals surface area contributed by atoms with Gasteiger partial charge in [0.1, 0.15) is 24.0 Å². The number of hydrogen-bond acceptors (Lipinski definition) is 6. The van der Waals surface area contributed by atoms with Crippen LogP contribution in [0.3, 0.4) is 0 Å². The first kappa shape index (κ1) is 14.5. The molecule has 7 heteroatoms. The summed E-state index contributed by atoms with van der Waals surface area (Å²) >= 11 is 0. The predicted octanol–water partition coefficient (Wildman–Crippen LogP) is 0.965. The van der Waals surface area contributed by atoms with E-state index in [9.17, 15) is 4.79 Å². The van der Waals surface area contributed by atoms with E-state index in [4.69, 9.17) is 5.84 Å². The summed E-state index contributed by atoms with van der Waals surface area (Å²) in [7, 11) is 0. The van der Waals surface area contributed by atoms with Gasteiger partial charge in [-0.2, -0.15) is 0 Å². The molecular formula is C13H22N6O. The van der Waals surface area contributed by atoms with Gasteiger partial charge in [-0.3, -0.25) is 4.79 Å².